The highest BCUT2D eigenvalue weighted by atomic mass is 35.5. The molecule has 0 aliphatic carbocycles. The van der Waals surface area contributed by atoms with Crippen LogP contribution in [-0.4, -0.2) is 18.7 Å². The molecule has 0 aliphatic heterocycles. The van der Waals surface area contributed by atoms with Gasteiger partial charge in [-0.1, -0.05) is 54.1 Å². The summed E-state index contributed by atoms with van der Waals surface area (Å²) < 4.78 is 11.3. The lowest BCUT2D eigenvalue weighted by Gasteiger charge is -2.09. The predicted molar refractivity (Wildman–Crippen MR) is 119 cm³/mol. The summed E-state index contributed by atoms with van der Waals surface area (Å²) in [5, 5.41) is 4.68. The van der Waals surface area contributed by atoms with Gasteiger partial charge in [0.15, 0.2) is 6.61 Å². The quantitative estimate of drug-likeness (QED) is 0.407. The summed E-state index contributed by atoms with van der Waals surface area (Å²) in [5.41, 5.74) is 6.17. The number of carbonyl (C=O) groups excluding carboxylic acids is 1. The molecule has 3 rings (SSSR count). The molecule has 0 unspecified atom stereocenters. The lowest BCUT2D eigenvalue weighted by Crippen LogP contribution is -2.24. The standard InChI is InChI=1S/C24H23ClN2O3/c1-17-11-22(12-18(2)24(17)25)30-16-23(28)27-26-14-20-9-6-10-21(13-20)29-15-19-7-4-3-5-8-19/h3-14H,15-16H2,1-2H3,(H,27,28)/b26-14-. The molecule has 0 saturated carbocycles. The molecule has 3 aromatic carbocycles. The van der Waals surface area contributed by atoms with Gasteiger partial charge in [0.25, 0.3) is 5.91 Å². The van der Waals surface area contributed by atoms with Crippen LogP contribution in [0.3, 0.4) is 0 Å². The Hall–Kier alpha value is -3.31. The van der Waals surface area contributed by atoms with Crippen molar-refractivity contribution in [2.45, 2.75) is 20.5 Å². The number of rotatable bonds is 8. The molecule has 0 heterocycles. The molecule has 0 fully saturated rings. The van der Waals surface area contributed by atoms with Gasteiger partial charge in [-0.3, -0.25) is 4.79 Å². The van der Waals surface area contributed by atoms with Gasteiger partial charge >= 0.3 is 0 Å². The molecule has 0 saturated heterocycles. The van der Waals surface area contributed by atoms with Crippen LogP contribution in [0.5, 0.6) is 11.5 Å². The van der Waals surface area contributed by atoms with Crippen LogP contribution in [0.25, 0.3) is 0 Å². The predicted octanol–water partition coefficient (Wildman–Crippen LogP) is 5.06. The Kier molecular flexibility index (Phi) is 7.46. The Labute approximate surface area is 181 Å². The van der Waals surface area contributed by atoms with E-state index in [1.165, 1.54) is 0 Å². The topological polar surface area (TPSA) is 59.9 Å². The highest BCUT2D eigenvalue weighted by Gasteiger charge is 2.06. The second-order valence-electron chi connectivity index (χ2n) is 6.80. The first-order valence-corrected chi connectivity index (χ1v) is 9.87. The van der Waals surface area contributed by atoms with Crippen LogP contribution in [0.15, 0.2) is 71.8 Å². The minimum atomic E-state index is -0.354. The Morgan fingerprint density at radius 2 is 1.70 bits per heavy atom. The van der Waals surface area contributed by atoms with Crippen LogP contribution in [0.1, 0.15) is 22.3 Å². The van der Waals surface area contributed by atoms with Crippen molar-refractivity contribution in [3.8, 4) is 11.5 Å². The summed E-state index contributed by atoms with van der Waals surface area (Å²) in [6, 6.07) is 21.0. The Morgan fingerprint density at radius 3 is 2.43 bits per heavy atom. The van der Waals surface area contributed by atoms with Gasteiger partial charge in [-0.25, -0.2) is 5.43 Å². The van der Waals surface area contributed by atoms with Crippen molar-refractivity contribution in [3.05, 3.63) is 94.0 Å². The number of aryl methyl sites for hydroxylation is 2. The summed E-state index contributed by atoms with van der Waals surface area (Å²) >= 11 is 6.14. The number of hydrogen-bond acceptors (Lipinski definition) is 4. The van der Waals surface area contributed by atoms with Crippen molar-refractivity contribution in [1.29, 1.82) is 0 Å². The minimum absolute atomic E-state index is 0.141. The lowest BCUT2D eigenvalue weighted by molar-refractivity contribution is -0.123. The zero-order chi connectivity index (χ0) is 21.3. The van der Waals surface area contributed by atoms with Crippen LogP contribution >= 0.6 is 11.6 Å². The summed E-state index contributed by atoms with van der Waals surface area (Å²) in [7, 11) is 0. The molecule has 1 amide bonds. The molecule has 6 heteroatoms. The van der Waals surface area contributed by atoms with E-state index in [2.05, 4.69) is 10.5 Å². The number of nitrogens with zero attached hydrogens (tertiary/aromatic N) is 1. The van der Waals surface area contributed by atoms with Gasteiger partial charge in [0, 0.05) is 5.02 Å². The highest BCUT2D eigenvalue weighted by molar-refractivity contribution is 6.32. The molecule has 1 N–H and O–H groups in total. The van der Waals surface area contributed by atoms with Crippen molar-refractivity contribution in [2.75, 3.05) is 6.61 Å². The van der Waals surface area contributed by atoms with E-state index < -0.39 is 0 Å². The third kappa shape index (κ3) is 6.36. The van der Waals surface area contributed by atoms with E-state index in [-0.39, 0.29) is 12.5 Å². The summed E-state index contributed by atoms with van der Waals surface area (Å²) in [5.74, 6) is 0.968. The fourth-order valence-corrected chi connectivity index (χ4v) is 2.88. The normalized spacial score (nSPS) is 10.8. The summed E-state index contributed by atoms with van der Waals surface area (Å²) in [4.78, 5) is 12.0. The van der Waals surface area contributed by atoms with Gasteiger partial charge in [0.2, 0.25) is 0 Å². The second kappa shape index (κ2) is 10.5. The Bertz CT molecular complexity index is 1010. The van der Waals surface area contributed by atoms with Gasteiger partial charge in [0.05, 0.1) is 6.21 Å². The van der Waals surface area contributed by atoms with Crippen molar-refractivity contribution in [3.63, 3.8) is 0 Å². The van der Waals surface area contributed by atoms with E-state index in [1.807, 2.05) is 68.4 Å². The summed E-state index contributed by atoms with van der Waals surface area (Å²) in [6.07, 6.45) is 1.56. The fourth-order valence-electron chi connectivity index (χ4n) is 2.78. The summed E-state index contributed by atoms with van der Waals surface area (Å²) in [6.45, 7) is 4.13. The SMILES string of the molecule is Cc1cc(OCC(=O)N/N=C\c2cccc(OCc3ccccc3)c2)cc(C)c1Cl. The number of hydrogen-bond donors (Lipinski definition) is 1. The van der Waals surface area contributed by atoms with Crippen LogP contribution in [0, 0.1) is 13.8 Å². The van der Waals surface area contributed by atoms with Crippen molar-refractivity contribution >= 4 is 23.7 Å². The largest absolute Gasteiger partial charge is 0.489 e. The second-order valence-corrected chi connectivity index (χ2v) is 7.18. The van der Waals surface area contributed by atoms with Crippen molar-refractivity contribution in [2.24, 2.45) is 5.10 Å². The molecule has 0 aliphatic rings. The van der Waals surface area contributed by atoms with E-state index >= 15 is 0 Å². The van der Waals surface area contributed by atoms with E-state index in [1.54, 1.807) is 18.3 Å². The maximum Gasteiger partial charge on any atom is 0.277 e. The third-order valence-electron chi connectivity index (χ3n) is 4.29. The first kappa shape index (κ1) is 21.4. The number of nitrogens with one attached hydrogen (secondary N) is 1. The maximum absolute atomic E-state index is 12.0. The van der Waals surface area contributed by atoms with E-state index in [9.17, 15) is 4.79 Å². The average Bonchev–Trinajstić information content (AvgIpc) is 2.75. The van der Waals surface area contributed by atoms with Crippen LogP contribution < -0.4 is 14.9 Å². The molecule has 5 nitrogen and oxygen atoms in total. The molecule has 0 radical (unpaired) electrons. The molecule has 3 aromatic rings. The number of ether oxygens (including phenoxy) is 2. The molecular formula is C24H23ClN2O3. The van der Waals surface area contributed by atoms with Crippen molar-refractivity contribution < 1.29 is 14.3 Å². The average molecular weight is 423 g/mol. The van der Waals surface area contributed by atoms with Gasteiger partial charge < -0.3 is 9.47 Å². The number of hydrazone groups is 1. The fraction of sp³-hybridized carbons (Fsp3) is 0.167. The van der Waals surface area contributed by atoms with Gasteiger partial charge in [-0.05, 0) is 60.4 Å². The Morgan fingerprint density at radius 1 is 0.967 bits per heavy atom. The maximum atomic E-state index is 12.0. The number of carbonyl (C=O) groups is 1. The van der Waals surface area contributed by atoms with Gasteiger partial charge in [-0.15, -0.1) is 0 Å². The minimum Gasteiger partial charge on any atom is -0.489 e. The van der Waals surface area contributed by atoms with Crippen LogP contribution in [-0.2, 0) is 11.4 Å². The number of halogens is 1. The number of benzene rings is 3. The van der Waals surface area contributed by atoms with Crippen LogP contribution in [0.2, 0.25) is 5.02 Å². The number of amides is 1. The molecular weight excluding hydrogens is 400 g/mol. The van der Waals surface area contributed by atoms with Gasteiger partial charge in [-0.2, -0.15) is 5.10 Å². The molecule has 154 valence electrons. The van der Waals surface area contributed by atoms with Gasteiger partial charge in [0.1, 0.15) is 18.1 Å². The van der Waals surface area contributed by atoms with Crippen molar-refractivity contribution in [1.82, 2.24) is 5.43 Å². The molecule has 0 atom stereocenters. The molecule has 0 aromatic heterocycles. The Balaban J connectivity index is 1.48. The van der Waals surface area contributed by atoms with E-state index in [4.69, 9.17) is 21.1 Å². The monoisotopic (exact) mass is 422 g/mol. The zero-order valence-corrected chi connectivity index (χ0v) is 17.6. The molecule has 30 heavy (non-hydrogen) atoms. The first-order chi connectivity index (χ1) is 14.5. The van der Waals surface area contributed by atoms with Crippen LogP contribution in [0.4, 0.5) is 0 Å². The van der Waals surface area contributed by atoms with E-state index in [0.29, 0.717) is 17.4 Å². The molecule has 0 bridgehead atoms. The zero-order valence-electron chi connectivity index (χ0n) is 16.9. The smallest absolute Gasteiger partial charge is 0.277 e. The first-order valence-electron chi connectivity index (χ1n) is 9.49. The van der Waals surface area contributed by atoms with E-state index in [0.717, 1.165) is 28.0 Å². The highest BCUT2D eigenvalue weighted by Crippen LogP contribution is 2.25. The lowest BCUT2D eigenvalue weighted by atomic mass is 10.1. The third-order valence-corrected chi connectivity index (χ3v) is 4.89. The molecule has 0 spiro atoms.